The number of anilines is 1. The van der Waals surface area contributed by atoms with Crippen LogP contribution in [0.5, 0.6) is 0 Å². The first-order chi connectivity index (χ1) is 10.5. The zero-order chi connectivity index (χ0) is 16.1. The third kappa shape index (κ3) is 4.07. The summed E-state index contributed by atoms with van der Waals surface area (Å²) >= 11 is 0. The lowest BCUT2D eigenvalue weighted by molar-refractivity contribution is 0.0918. The molecule has 1 aromatic carbocycles. The van der Waals surface area contributed by atoms with Crippen molar-refractivity contribution in [3.8, 4) is 0 Å². The van der Waals surface area contributed by atoms with Gasteiger partial charge in [0.25, 0.3) is 5.91 Å². The van der Waals surface area contributed by atoms with E-state index in [1.165, 1.54) is 0 Å². The van der Waals surface area contributed by atoms with Crippen molar-refractivity contribution < 1.29 is 4.79 Å². The SMILES string of the molecule is CC(C)[C@@H](Cn1nccn1)NC(=O)c1ccc(N(C)C)cc1. The van der Waals surface area contributed by atoms with E-state index in [-0.39, 0.29) is 17.9 Å². The number of amides is 1. The van der Waals surface area contributed by atoms with Gasteiger partial charge in [0.05, 0.1) is 25.0 Å². The van der Waals surface area contributed by atoms with Gasteiger partial charge in [0.15, 0.2) is 0 Å². The van der Waals surface area contributed by atoms with Crippen LogP contribution in [0.1, 0.15) is 24.2 Å². The molecule has 0 saturated heterocycles. The lowest BCUT2D eigenvalue weighted by Crippen LogP contribution is -2.42. The van der Waals surface area contributed by atoms with Gasteiger partial charge in [-0.1, -0.05) is 13.8 Å². The maximum atomic E-state index is 12.4. The molecule has 0 aliphatic rings. The van der Waals surface area contributed by atoms with E-state index in [4.69, 9.17) is 0 Å². The van der Waals surface area contributed by atoms with E-state index < -0.39 is 0 Å². The Hall–Kier alpha value is -2.37. The van der Waals surface area contributed by atoms with Crippen molar-refractivity contribution in [3.05, 3.63) is 42.2 Å². The van der Waals surface area contributed by atoms with Gasteiger partial charge in [-0.15, -0.1) is 0 Å². The summed E-state index contributed by atoms with van der Waals surface area (Å²) in [5.74, 6) is 0.215. The Bertz CT molecular complexity index is 590. The normalized spacial score (nSPS) is 12.2. The molecule has 2 aromatic rings. The van der Waals surface area contributed by atoms with Crippen LogP contribution in [-0.2, 0) is 6.54 Å². The summed E-state index contributed by atoms with van der Waals surface area (Å²) in [4.78, 5) is 16.0. The molecular formula is C16H23N5O. The number of hydrogen-bond acceptors (Lipinski definition) is 4. The van der Waals surface area contributed by atoms with Gasteiger partial charge in [0.2, 0.25) is 0 Å². The van der Waals surface area contributed by atoms with Crippen LogP contribution in [0.15, 0.2) is 36.7 Å². The van der Waals surface area contributed by atoms with E-state index in [2.05, 4.69) is 29.4 Å². The standard InChI is InChI=1S/C16H23N5O/c1-12(2)15(11-21-17-9-10-18-21)19-16(22)13-5-7-14(8-6-13)20(3)4/h5-10,12,15H,11H2,1-4H3,(H,19,22)/t15-/m1/s1. The number of nitrogens with one attached hydrogen (secondary N) is 1. The Morgan fingerprint density at radius 3 is 2.27 bits per heavy atom. The lowest BCUT2D eigenvalue weighted by Gasteiger charge is -2.22. The zero-order valence-corrected chi connectivity index (χ0v) is 13.5. The summed E-state index contributed by atoms with van der Waals surface area (Å²) < 4.78 is 0. The molecule has 6 nitrogen and oxygen atoms in total. The van der Waals surface area contributed by atoms with Crippen LogP contribution in [0.2, 0.25) is 0 Å². The van der Waals surface area contributed by atoms with E-state index in [9.17, 15) is 4.79 Å². The predicted octanol–water partition coefficient (Wildman–Crippen LogP) is 1.80. The Labute approximate surface area is 131 Å². The number of rotatable bonds is 6. The molecule has 0 spiro atoms. The molecule has 0 fully saturated rings. The van der Waals surface area contributed by atoms with Crippen LogP contribution in [-0.4, -0.2) is 41.0 Å². The van der Waals surface area contributed by atoms with Crippen LogP contribution in [0.25, 0.3) is 0 Å². The van der Waals surface area contributed by atoms with Crippen molar-refractivity contribution >= 4 is 11.6 Å². The molecule has 6 heteroatoms. The molecular weight excluding hydrogens is 278 g/mol. The summed E-state index contributed by atoms with van der Waals surface area (Å²) in [5.41, 5.74) is 1.72. The second-order valence-corrected chi connectivity index (χ2v) is 5.85. The Morgan fingerprint density at radius 2 is 1.77 bits per heavy atom. The summed E-state index contributed by atoms with van der Waals surface area (Å²) in [5, 5.41) is 11.3. The van der Waals surface area contributed by atoms with E-state index in [0.717, 1.165) is 5.69 Å². The van der Waals surface area contributed by atoms with E-state index in [0.29, 0.717) is 12.1 Å². The van der Waals surface area contributed by atoms with Gasteiger partial charge in [-0.3, -0.25) is 4.79 Å². The maximum Gasteiger partial charge on any atom is 0.251 e. The molecule has 1 heterocycles. The topological polar surface area (TPSA) is 63.1 Å². The quantitative estimate of drug-likeness (QED) is 0.883. The van der Waals surface area contributed by atoms with Gasteiger partial charge in [0.1, 0.15) is 0 Å². The van der Waals surface area contributed by atoms with Crippen molar-refractivity contribution in [1.29, 1.82) is 0 Å². The van der Waals surface area contributed by atoms with Crippen LogP contribution in [0, 0.1) is 5.92 Å². The minimum absolute atomic E-state index is 0.0200. The lowest BCUT2D eigenvalue weighted by atomic mass is 10.0. The van der Waals surface area contributed by atoms with Crippen molar-refractivity contribution in [2.45, 2.75) is 26.4 Å². The van der Waals surface area contributed by atoms with Gasteiger partial charge in [-0.05, 0) is 30.2 Å². The number of benzene rings is 1. The maximum absolute atomic E-state index is 12.4. The second-order valence-electron chi connectivity index (χ2n) is 5.85. The molecule has 118 valence electrons. The molecule has 0 radical (unpaired) electrons. The van der Waals surface area contributed by atoms with Gasteiger partial charge in [-0.25, -0.2) is 0 Å². The first kappa shape index (κ1) is 16.0. The Balaban J connectivity index is 2.04. The third-order valence-electron chi connectivity index (χ3n) is 3.59. The smallest absolute Gasteiger partial charge is 0.251 e. The summed E-state index contributed by atoms with van der Waals surface area (Å²) in [7, 11) is 3.95. The van der Waals surface area contributed by atoms with E-state index in [1.807, 2.05) is 43.3 Å². The molecule has 0 unspecified atom stereocenters. The highest BCUT2D eigenvalue weighted by Crippen LogP contribution is 2.13. The van der Waals surface area contributed by atoms with E-state index >= 15 is 0 Å². The monoisotopic (exact) mass is 301 g/mol. The molecule has 1 N–H and O–H groups in total. The molecule has 22 heavy (non-hydrogen) atoms. The highest BCUT2D eigenvalue weighted by atomic mass is 16.1. The summed E-state index contributed by atoms with van der Waals surface area (Å²) in [6, 6.07) is 7.54. The van der Waals surface area contributed by atoms with Gasteiger partial charge in [0, 0.05) is 25.3 Å². The first-order valence-corrected chi connectivity index (χ1v) is 7.39. The fraction of sp³-hybridized carbons (Fsp3) is 0.438. The van der Waals surface area contributed by atoms with Crippen molar-refractivity contribution in [2.24, 2.45) is 5.92 Å². The Morgan fingerprint density at radius 1 is 1.18 bits per heavy atom. The molecule has 1 aromatic heterocycles. The minimum Gasteiger partial charge on any atom is -0.378 e. The number of carbonyl (C=O) groups excluding carboxylic acids is 1. The molecule has 1 amide bonds. The van der Waals surface area contributed by atoms with Crippen LogP contribution in [0.3, 0.4) is 0 Å². The molecule has 0 aliphatic carbocycles. The minimum atomic E-state index is -0.0730. The molecule has 0 aliphatic heterocycles. The molecule has 0 bridgehead atoms. The average molecular weight is 301 g/mol. The Kier molecular flexibility index (Phi) is 5.14. The van der Waals surface area contributed by atoms with Gasteiger partial charge < -0.3 is 10.2 Å². The average Bonchev–Trinajstić information content (AvgIpc) is 2.99. The van der Waals surface area contributed by atoms with Crippen LogP contribution in [0.4, 0.5) is 5.69 Å². The predicted molar refractivity (Wildman–Crippen MR) is 86.9 cm³/mol. The number of carbonyl (C=O) groups is 1. The van der Waals surface area contributed by atoms with Gasteiger partial charge >= 0.3 is 0 Å². The highest BCUT2D eigenvalue weighted by molar-refractivity contribution is 5.94. The van der Waals surface area contributed by atoms with Crippen LogP contribution < -0.4 is 10.2 Å². The van der Waals surface area contributed by atoms with E-state index in [1.54, 1.807) is 17.2 Å². The molecule has 2 rings (SSSR count). The summed E-state index contributed by atoms with van der Waals surface area (Å²) in [6.07, 6.45) is 3.28. The van der Waals surface area contributed by atoms with Crippen molar-refractivity contribution in [1.82, 2.24) is 20.3 Å². The third-order valence-corrected chi connectivity index (χ3v) is 3.59. The number of nitrogens with zero attached hydrogens (tertiary/aromatic N) is 4. The van der Waals surface area contributed by atoms with Gasteiger partial charge in [-0.2, -0.15) is 15.0 Å². The van der Waals surface area contributed by atoms with Crippen LogP contribution >= 0.6 is 0 Å². The summed E-state index contributed by atoms with van der Waals surface area (Å²) in [6.45, 7) is 4.71. The molecule has 1 atom stereocenters. The van der Waals surface area contributed by atoms with Crippen molar-refractivity contribution in [3.63, 3.8) is 0 Å². The highest BCUT2D eigenvalue weighted by Gasteiger charge is 2.18. The zero-order valence-electron chi connectivity index (χ0n) is 13.5. The second kappa shape index (κ2) is 7.06. The number of hydrogen-bond donors (Lipinski definition) is 1. The van der Waals surface area contributed by atoms with Crippen molar-refractivity contribution in [2.75, 3.05) is 19.0 Å². The largest absolute Gasteiger partial charge is 0.378 e. The fourth-order valence-corrected chi connectivity index (χ4v) is 2.10. The number of aromatic nitrogens is 3. The first-order valence-electron chi connectivity index (χ1n) is 7.39. The fourth-order valence-electron chi connectivity index (χ4n) is 2.10. The molecule has 0 saturated carbocycles.